The number of hydrogen-bond donors (Lipinski definition) is 1. The lowest BCUT2D eigenvalue weighted by Crippen LogP contribution is -2.29. The average molecular weight is 276 g/mol. The van der Waals surface area contributed by atoms with Crippen LogP contribution in [0.25, 0.3) is 0 Å². The highest BCUT2D eigenvalue weighted by atomic mass is 35.5. The van der Waals surface area contributed by atoms with Crippen molar-refractivity contribution >= 4 is 41.0 Å². The van der Waals surface area contributed by atoms with Crippen LogP contribution in [0.3, 0.4) is 0 Å². The Bertz CT molecular complexity index is 475. The van der Waals surface area contributed by atoms with Gasteiger partial charge in [0.15, 0.2) is 0 Å². The van der Waals surface area contributed by atoms with Crippen molar-refractivity contribution in [1.29, 1.82) is 0 Å². The second kappa shape index (κ2) is 4.42. The van der Waals surface area contributed by atoms with E-state index >= 15 is 0 Å². The van der Waals surface area contributed by atoms with Crippen LogP contribution in [0.15, 0.2) is 0 Å². The van der Waals surface area contributed by atoms with Crippen molar-refractivity contribution in [2.75, 3.05) is 11.4 Å². The maximum absolute atomic E-state index is 11.6. The number of halogens is 2. The summed E-state index contributed by atoms with van der Waals surface area (Å²) in [5.41, 5.74) is 5.14. The maximum atomic E-state index is 11.6. The van der Waals surface area contributed by atoms with Gasteiger partial charge in [0.1, 0.15) is 0 Å². The van der Waals surface area contributed by atoms with Gasteiger partial charge in [0.25, 0.3) is 0 Å². The summed E-state index contributed by atoms with van der Waals surface area (Å²) in [5.74, 6) is -1.35. The van der Waals surface area contributed by atoms with E-state index in [4.69, 9.17) is 28.9 Å². The molecule has 1 saturated heterocycles. The molecule has 1 aliphatic heterocycles. The van der Waals surface area contributed by atoms with Gasteiger partial charge in [-0.2, -0.15) is 15.0 Å². The fraction of sp³-hybridized carbons (Fsp3) is 0.375. The van der Waals surface area contributed by atoms with Gasteiger partial charge in [-0.05, 0) is 23.2 Å². The predicted octanol–water partition coefficient (Wildman–Crippen LogP) is 0.0166. The molecule has 0 bridgehead atoms. The predicted molar refractivity (Wildman–Crippen MR) is 59.5 cm³/mol. The molecule has 90 valence electrons. The number of nitrogens with two attached hydrogens (primary N) is 1. The number of amides is 2. The van der Waals surface area contributed by atoms with E-state index in [1.807, 2.05) is 0 Å². The molecule has 17 heavy (non-hydrogen) atoms. The van der Waals surface area contributed by atoms with Crippen molar-refractivity contribution in [3.05, 3.63) is 10.6 Å². The molecule has 1 atom stereocenters. The molecule has 2 rings (SSSR count). The van der Waals surface area contributed by atoms with E-state index in [2.05, 4.69) is 15.0 Å². The number of aromatic nitrogens is 3. The summed E-state index contributed by atoms with van der Waals surface area (Å²) in [7, 11) is 0. The molecule has 7 nitrogen and oxygen atoms in total. The molecular weight excluding hydrogens is 269 g/mol. The molecule has 0 aromatic carbocycles. The van der Waals surface area contributed by atoms with Crippen LogP contribution < -0.4 is 10.6 Å². The second-order valence-corrected chi connectivity index (χ2v) is 4.16. The first-order valence-corrected chi connectivity index (χ1v) is 5.39. The molecule has 9 heteroatoms. The third kappa shape index (κ3) is 2.45. The van der Waals surface area contributed by atoms with Crippen LogP contribution in [-0.4, -0.2) is 33.3 Å². The van der Waals surface area contributed by atoms with Crippen LogP contribution >= 0.6 is 23.2 Å². The van der Waals surface area contributed by atoms with E-state index in [0.717, 1.165) is 0 Å². The van der Waals surface area contributed by atoms with Gasteiger partial charge >= 0.3 is 0 Å². The summed E-state index contributed by atoms with van der Waals surface area (Å²) in [6, 6.07) is 0. The molecule has 0 radical (unpaired) electrons. The Labute approximate surface area is 106 Å². The van der Waals surface area contributed by atoms with Crippen LogP contribution in [-0.2, 0) is 9.59 Å². The zero-order chi connectivity index (χ0) is 12.6. The number of anilines is 1. The fourth-order valence-corrected chi connectivity index (χ4v) is 1.88. The minimum Gasteiger partial charge on any atom is -0.369 e. The summed E-state index contributed by atoms with van der Waals surface area (Å²) in [6.45, 7) is 0.130. The first kappa shape index (κ1) is 12.0. The van der Waals surface area contributed by atoms with Crippen LogP contribution in [0.4, 0.5) is 5.95 Å². The Morgan fingerprint density at radius 3 is 2.35 bits per heavy atom. The monoisotopic (exact) mass is 275 g/mol. The number of rotatable bonds is 2. The topological polar surface area (TPSA) is 102 Å². The third-order valence-corrected chi connectivity index (χ3v) is 2.68. The normalized spacial score (nSPS) is 19.8. The molecule has 1 aromatic rings. The SMILES string of the molecule is NC(=O)C1CC(=O)N(c2nc(Cl)nc(Cl)n2)C1. The van der Waals surface area contributed by atoms with Crippen molar-refractivity contribution in [1.82, 2.24) is 15.0 Å². The molecule has 0 spiro atoms. The first-order chi connectivity index (χ1) is 7.97. The Morgan fingerprint density at radius 2 is 1.88 bits per heavy atom. The number of primary amides is 1. The van der Waals surface area contributed by atoms with Gasteiger partial charge in [-0.3, -0.25) is 14.5 Å². The zero-order valence-corrected chi connectivity index (χ0v) is 9.94. The lowest BCUT2D eigenvalue weighted by Gasteiger charge is -2.13. The number of carbonyl (C=O) groups excluding carboxylic acids is 2. The first-order valence-electron chi connectivity index (χ1n) is 4.64. The molecule has 2 amide bonds. The van der Waals surface area contributed by atoms with Gasteiger partial charge in [0, 0.05) is 13.0 Å². The van der Waals surface area contributed by atoms with Crippen LogP contribution in [0.1, 0.15) is 6.42 Å². The van der Waals surface area contributed by atoms with Crippen molar-refractivity contribution in [2.24, 2.45) is 11.7 Å². The van der Waals surface area contributed by atoms with E-state index in [1.54, 1.807) is 0 Å². The van der Waals surface area contributed by atoms with E-state index in [1.165, 1.54) is 4.90 Å². The van der Waals surface area contributed by atoms with Crippen LogP contribution in [0.2, 0.25) is 10.6 Å². The van der Waals surface area contributed by atoms with Crippen molar-refractivity contribution in [3.63, 3.8) is 0 Å². The van der Waals surface area contributed by atoms with Gasteiger partial charge < -0.3 is 5.73 Å². The quantitative estimate of drug-likeness (QED) is 0.820. The highest BCUT2D eigenvalue weighted by Gasteiger charge is 2.35. The number of hydrogen-bond acceptors (Lipinski definition) is 5. The second-order valence-electron chi connectivity index (χ2n) is 3.48. The van der Waals surface area contributed by atoms with Crippen LogP contribution in [0, 0.1) is 5.92 Å². The Morgan fingerprint density at radius 1 is 1.29 bits per heavy atom. The maximum Gasteiger partial charge on any atom is 0.237 e. The Kier molecular flexibility index (Phi) is 3.12. The third-order valence-electron chi connectivity index (χ3n) is 2.34. The van der Waals surface area contributed by atoms with Crippen LogP contribution in [0.5, 0.6) is 0 Å². The minimum atomic E-state index is -0.545. The zero-order valence-electron chi connectivity index (χ0n) is 8.43. The summed E-state index contributed by atoms with van der Waals surface area (Å²) in [4.78, 5) is 35.0. The van der Waals surface area contributed by atoms with E-state index in [0.29, 0.717) is 0 Å². The van der Waals surface area contributed by atoms with Gasteiger partial charge in [-0.1, -0.05) is 0 Å². The average Bonchev–Trinajstić information content (AvgIpc) is 2.59. The molecule has 1 aliphatic rings. The molecule has 0 saturated carbocycles. The molecular formula is C8H7Cl2N5O2. The van der Waals surface area contributed by atoms with E-state index in [-0.39, 0.29) is 35.4 Å². The fourth-order valence-electron chi connectivity index (χ4n) is 1.53. The highest BCUT2D eigenvalue weighted by molar-refractivity contribution is 6.31. The van der Waals surface area contributed by atoms with Crippen molar-refractivity contribution in [3.8, 4) is 0 Å². The summed E-state index contributed by atoms with van der Waals surface area (Å²) in [6.07, 6.45) is 0.0380. The summed E-state index contributed by atoms with van der Waals surface area (Å²) < 4.78 is 0. The smallest absolute Gasteiger partial charge is 0.237 e. The minimum absolute atomic E-state index is 0.0313. The highest BCUT2D eigenvalue weighted by Crippen LogP contribution is 2.23. The van der Waals surface area contributed by atoms with Gasteiger partial charge in [-0.25, -0.2) is 0 Å². The van der Waals surface area contributed by atoms with E-state index < -0.39 is 11.8 Å². The van der Waals surface area contributed by atoms with E-state index in [9.17, 15) is 9.59 Å². The van der Waals surface area contributed by atoms with Gasteiger partial charge in [-0.15, -0.1) is 0 Å². The lowest BCUT2D eigenvalue weighted by atomic mass is 10.1. The molecule has 2 N–H and O–H groups in total. The lowest BCUT2D eigenvalue weighted by molar-refractivity contribution is -0.123. The number of nitrogens with zero attached hydrogens (tertiary/aromatic N) is 4. The Hall–Kier alpha value is -1.47. The van der Waals surface area contributed by atoms with Crippen molar-refractivity contribution < 1.29 is 9.59 Å². The van der Waals surface area contributed by atoms with Crippen molar-refractivity contribution in [2.45, 2.75) is 6.42 Å². The summed E-state index contributed by atoms with van der Waals surface area (Å²) in [5, 5.41) is -0.231. The standard InChI is InChI=1S/C8H7Cl2N5O2/c9-6-12-7(10)14-8(13-6)15-2-3(5(11)17)1-4(15)16/h3H,1-2H2,(H2,11,17). The molecule has 1 aromatic heterocycles. The largest absolute Gasteiger partial charge is 0.369 e. The Balaban J connectivity index is 2.28. The number of carbonyl (C=O) groups is 2. The summed E-state index contributed by atoms with van der Waals surface area (Å²) >= 11 is 11.2. The molecule has 1 unspecified atom stereocenters. The van der Waals surface area contributed by atoms with Gasteiger partial charge in [0.2, 0.25) is 28.3 Å². The van der Waals surface area contributed by atoms with Gasteiger partial charge in [0.05, 0.1) is 5.92 Å². The molecule has 2 heterocycles. The molecule has 0 aliphatic carbocycles. The molecule has 1 fully saturated rings.